The topological polar surface area (TPSA) is 29.5 Å². The summed E-state index contributed by atoms with van der Waals surface area (Å²) in [4.78, 5) is 0. The molecule has 0 fully saturated rings. The summed E-state index contributed by atoms with van der Waals surface area (Å²) in [5, 5.41) is 9.90. The Balaban J connectivity index is 4.97. The lowest BCUT2D eigenvalue weighted by Gasteiger charge is -2.24. The molecule has 0 aromatic carbocycles. The summed E-state index contributed by atoms with van der Waals surface area (Å²) in [5.41, 5.74) is 0.370. The maximum Gasteiger partial charge on any atom is 0.130 e. The summed E-state index contributed by atoms with van der Waals surface area (Å²) in [6.45, 7) is 13.8. The Kier molecular flexibility index (Phi) is 5.80. The van der Waals surface area contributed by atoms with Crippen molar-refractivity contribution in [2.24, 2.45) is 5.92 Å². The van der Waals surface area contributed by atoms with E-state index in [2.05, 4.69) is 20.8 Å². The van der Waals surface area contributed by atoms with Crippen LogP contribution in [0.5, 0.6) is 0 Å². The van der Waals surface area contributed by atoms with E-state index in [0.29, 0.717) is 11.7 Å². The lowest BCUT2D eigenvalue weighted by atomic mass is 9.99. The van der Waals surface area contributed by atoms with Crippen LogP contribution in [0.1, 0.15) is 54.9 Å². The van der Waals surface area contributed by atoms with E-state index in [1.54, 1.807) is 13.8 Å². The highest BCUT2D eigenvalue weighted by molar-refractivity contribution is 5.14. The molecule has 0 aliphatic carbocycles. The van der Waals surface area contributed by atoms with Crippen LogP contribution in [0.2, 0.25) is 0 Å². The number of allylic oxidation sites excluding steroid dienone is 3. The van der Waals surface area contributed by atoms with Gasteiger partial charge < -0.3 is 9.84 Å². The van der Waals surface area contributed by atoms with Crippen LogP contribution in [0, 0.1) is 5.92 Å². The van der Waals surface area contributed by atoms with Crippen LogP contribution in [-0.2, 0) is 4.74 Å². The van der Waals surface area contributed by atoms with Crippen molar-refractivity contribution in [2.75, 3.05) is 0 Å². The van der Waals surface area contributed by atoms with Gasteiger partial charge in [0.05, 0.1) is 0 Å². The van der Waals surface area contributed by atoms with Crippen molar-refractivity contribution in [3.63, 3.8) is 0 Å². The Hall–Kier alpha value is -0.760. The van der Waals surface area contributed by atoms with Gasteiger partial charge in [-0.3, -0.25) is 0 Å². The number of hydrogen-bond donors (Lipinski definition) is 1. The first-order chi connectivity index (χ1) is 7.23. The Bertz CT molecular complexity index is 278. The monoisotopic (exact) mass is 226 g/mol. The summed E-state index contributed by atoms with van der Waals surface area (Å²) in [6, 6.07) is 0. The molecule has 0 bridgehead atoms. The summed E-state index contributed by atoms with van der Waals surface area (Å²) in [5.74, 6) is 1.99. The average molecular weight is 226 g/mol. The Morgan fingerprint density at radius 2 is 1.88 bits per heavy atom. The van der Waals surface area contributed by atoms with Crippen molar-refractivity contribution in [3.8, 4) is 0 Å². The van der Waals surface area contributed by atoms with Crippen LogP contribution in [0.25, 0.3) is 0 Å². The largest absolute Gasteiger partial charge is 0.464 e. The van der Waals surface area contributed by atoms with E-state index in [9.17, 15) is 5.11 Å². The average Bonchev–Trinajstić information content (AvgIpc) is 2.12. The van der Waals surface area contributed by atoms with Crippen molar-refractivity contribution in [1.29, 1.82) is 0 Å². The van der Waals surface area contributed by atoms with Crippen LogP contribution in [0.15, 0.2) is 23.2 Å². The van der Waals surface area contributed by atoms with Gasteiger partial charge in [-0.2, -0.15) is 0 Å². The van der Waals surface area contributed by atoms with E-state index in [-0.39, 0.29) is 0 Å². The normalized spacial score (nSPS) is 15.2. The standard InChI is InChI=1S/C14H26O2/c1-8-12(10(3)4)11(5)16-13(9-2)14(6,7)15/h9-10,15H,8H2,1-7H3. The Labute approximate surface area is 100 Å². The fraction of sp³-hybridized carbons (Fsp3) is 0.714. The van der Waals surface area contributed by atoms with Crippen LogP contribution >= 0.6 is 0 Å². The van der Waals surface area contributed by atoms with Crippen LogP contribution < -0.4 is 0 Å². The maximum absolute atomic E-state index is 9.90. The second-order valence-electron chi connectivity index (χ2n) is 4.90. The molecule has 0 saturated carbocycles. The minimum Gasteiger partial charge on any atom is -0.464 e. The molecule has 0 spiro atoms. The summed E-state index contributed by atoms with van der Waals surface area (Å²) >= 11 is 0. The fourth-order valence-electron chi connectivity index (χ4n) is 1.83. The van der Waals surface area contributed by atoms with E-state index >= 15 is 0 Å². The summed E-state index contributed by atoms with van der Waals surface area (Å²) in [7, 11) is 0. The summed E-state index contributed by atoms with van der Waals surface area (Å²) in [6.07, 6.45) is 2.80. The van der Waals surface area contributed by atoms with Crippen LogP contribution in [-0.4, -0.2) is 10.7 Å². The van der Waals surface area contributed by atoms with Crippen molar-refractivity contribution in [2.45, 2.75) is 60.5 Å². The third-order valence-corrected chi connectivity index (χ3v) is 2.66. The highest BCUT2D eigenvalue weighted by Gasteiger charge is 2.21. The lowest BCUT2D eigenvalue weighted by Crippen LogP contribution is -2.23. The van der Waals surface area contributed by atoms with E-state index in [0.717, 1.165) is 12.2 Å². The van der Waals surface area contributed by atoms with E-state index in [4.69, 9.17) is 4.74 Å². The molecule has 0 heterocycles. The second-order valence-corrected chi connectivity index (χ2v) is 4.90. The molecule has 94 valence electrons. The highest BCUT2D eigenvalue weighted by atomic mass is 16.5. The third-order valence-electron chi connectivity index (χ3n) is 2.66. The van der Waals surface area contributed by atoms with E-state index < -0.39 is 5.60 Å². The van der Waals surface area contributed by atoms with Crippen LogP contribution in [0.3, 0.4) is 0 Å². The van der Waals surface area contributed by atoms with E-state index in [1.807, 2.05) is 19.9 Å². The SMILES string of the molecule is CC=C(OC(C)=C(CC)C(C)C)C(C)(C)O. The lowest BCUT2D eigenvalue weighted by molar-refractivity contribution is 0.0578. The Morgan fingerprint density at radius 3 is 2.12 bits per heavy atom. The van der Waals surface area contributed by atoms with E-state index in [1.165, 1.54) is 5.57 Å². The van der Waals surface area contributed by atoms with Gasteiger partial charge in [0.2, 0.25) is 0 Å². The molecule has 0 aliphatic rings. The zero-order chi connectivity index (χ0) is 12.9. The number of hydrogen-bond acceptors (Lipinski definition) is 2. The van der Waals surface area contributed by atoms with Crippen LogP contribution in [0.4, 0.5) is 0 Å². The first kappa shape index (κ1) is 15.2. The fourth-order valence-corrected chi connectivity index (χ4v) is 1.83. The number of ether oxygens (including phenoxy) is 1. The zero-order valence-corrected chi connectivity index (χ0v) is 11.7. The Morgan fingerprint density at radius 1 is 1.38 bits per heavy atom. The van der Waals surface area contributed by atoms with Gasteiger partial charge >= 0.3 is 0 Å². The van der Waals surface area contributed by atoms with Gasteiger partial charge in [-0.1, -0.05) is 20.8 Å². The molecule has 0 rings (SSSR count). The van der Waals surface area contributed by atoms with Gasteiger partial charge in [0.1, 0.15) is 17.1 Å². The molecule has 1 N–H and O–H groups in total. The minimum absolute atomic E-state index is 0.477. The minimum atomic E-state index is -0.925. The first-order valence-electron chi connectivity index (χ1n) is 6.00. The van der Waals surface area contributed by atoms with Gasteiger partial charge in [-0.25, -0.2) is 0 Å². The predicted octanol–water partition coefficient (Wildman–Crippen LogP) is 4.02. The van der Waals surface area contributed by atoms with Gasteiger partial charge in [0.25, 0.3) is 0 Å². The molecule has 0 aromatic rings. The van der Waals surface area contributed by atoms with Crippen molar-refractivity contribution < 1.29 is 9.84 Å². The van der Waals surface area contributed by atoms with Gasteiger partial charge in [-0.05, 0) is 51.7 Å². The first-order valence-corrected chi connectivity index (χ1v) is 6.00. The molecule has 2 nitrogen and oxygen atoms in total. The maximum atomic E-state index is 9.90. The molecule has 2 heteroatoms. The molecule has 16 heavy (non-hydrogen) atoms. The third kappa shape index (κ3) is 4.40. The molecule has 0 radical (unpaired) electrons. The second kappa shape index (κ2) is 6.09. The molecule has 0 unspecified atom stereocenters. The molecule has 0 amide bonds. The number of rotatable bonds is 5. The molecule has 0 aliphatic heterocycles. The quantitative estimate of drug-likeness (QED) is 0.717. The number of aliphatic hydroxyl groups is 1. The smallest absolute Gasteiger partial charge is 0.130 e. The molecule has 0 atom stereocenters. The van der Waals surface area contributed by atoms with Crippen molar-refractivity contribution in [1.82, 2.24) is 0 Å². The summed E-state index contributed by atoms with van der Waals surface area (Å²) < 4.78 is 5.77. The predicted molar refractivity (Wildman–Crippen MR) is 69.0 cm³/mol. The molecule has 0 aromatic heterocycles. The van der Waals surface area contributed by atoms with Gasteiger partial charge in [-0.15, -0.1) is 0 Å². The molecular formula is C14H26O2. The van der Waals surface area contributed by atoms with Gasteiger partial charge in [0.15, 0.2) is 0 Å². The molecular weight excluding hydrogens is 200 g/mol. The van der Waals surface area contributed by atoms with Crippen molar-refractivity contribution in [3.05, 3.63) is 23.2 Å². The zero-order valence-electron chi connectivity index (χ0n) is 11.7. The van der Waals surface area contributed by atoms with Gasteiger partial charge in [0, 0.05) is 0 Å². The molecule has 0 saturated heterocycles. The van der Waals surface area contributed by atoms with Crippen molar-refractivity contribution >= 4 is 0 Å². The highest BCUT2D eigenvalue weighted by Crippen LogP contribution is 2.25.